The van der Waals surface area contributed by atoms with Crippen molar-refractivity contribution in [3.8, 4) is 0 Å². The fraction of sp³-hybridized carbons (Fsp3) is 0.375. The molecule has 33 heavy (non-hydrogen) atoms. The highest BCUT2D eigenvalue weighted by atomic mass is 19.4. The number of aryl methyl sites for hydroxylation is 1. The monoisotopic (exact) mass is 461 g/mol. The average Bonchev–Trinajstić information content (AvgIpc) is 3.62. The molecule has 6 nitrogen and oxygen atoms in total. The Hall–Kier alpha value is -3.36. The van der Waals surface area contributed by atoms with Crippen LogP contribution in [0.25, 0.3) is 0 Å². The van der Waals surface area contributed by atoms with Gasteiger partial charge in [-0.05, 0) is 55.9 Å². The highest BCUT2D eigenvalue weighted by Gasteiger charge is 2.33. The van der Waals surface area contributed by atoms with Crippen LogP contribution >= 0.6 is 0 Å². The van der Waals surface area contributed by atoms with E-state index >= 15 is 0 Å². The molecule has 1 amide bonds. The molecule has 0 aromatic heterocycles. The smallest absolute Gasteiger partial charge is 0.398 e. The number of likely N-dealkylation sites (N-methyl/N-ethyl adjacent to an activating group) is 1. The third-order valence-corrected chi connectivity index (χ3v) is 5.49. The molecule has 0 bridgehead atoms. The highest BCUT2D eigenvalue weighted by molar-refractivity contribution is 6.45. The summed E-state index contributed by atoms with van der Waals surface area (Å²) in [4.78, 5) is 22.7. The van der Waals surface area contributed by atoms with Gasteiger partial charge in [0.1, 0.15) is 13.7 Å². The highest BCUT2D eigenvalue weighted by Crippen LogP contribution is 2.43. The fourth-order valence-corrected chi connectivity index (χ4v) is 3.58. The van der Waals surface area contributed by atoms with Gasteiger partial charge < -0.3 is 15.0 Å². The number of carbonyl (C=O) groups excluding carboxylic acids is 1. The van der Waals surface area contributed by atoms with Crippen molar-refractivity contribution in [2.24, 2.45) is 10.3 Å². The van der Waals surface area contributed by atoms with Crippen molar-refractivity contribution < 1.29 is 27.6 Å². The molecule has 0 radical (unpaired) electrons. The summed E-state index contributed by atoms with van der Waals surface area (Å²) in [5.74, 6) is -0.183. The van der Waals surface area contributed by atoms with Gasteiger partial charge in [-0.25, -0.2) is 0 Å². The first kappa shape index (κ1) is 24.3. The number of hydrogen-bond donors (Lipinski definition) is 1. The lowest BCUT2D eigenvalue weighted by Crippen LogP contribution is -2.29. The standard InChI is InChI=1S/C24H26F3N3O3/c1-14-6-5-7-19(22(30-32-4)23(31)28-3)21(14)13-33-29-15(2)20-12-17(24(25,26)27)10-11-18(20)16-8-9-16/h5-7,10-12,16H,8-9,13H2,1-4H3,(H,28,31)/b29-15+,30-22+. The Balaban J connectivity index is 1.89. The zero-order valence-electron chi connectivity index (χ0n) is 18.9. The second-order valence-corrected chi connectivity index (χ2v) is 7.83. The maximum Gasteiger partial charge on any atom is 0.416 e. The van der Waals surface area contributed by atoms with E-state index in [0.717, 1.165) is 36.1 Å². The van der Waals surface area contributed by atoms with Crippen molar-refractivity contribution in [1.29, 1.82) is 0 Å². The average molecular weight is 461 g/mol. The van der Waals surface area contributed by atoms with Crippen LogP contribution in [-0.2, 0) is 27.3 Å². The van der Waals surface area contributed by atoms with E-state index in [4.69, 9.17) is 9.68 Å². The van der Waals surface area contributed by atoms with Crippen molar-refractivity contribution in [3.05, 3.63) is 69.8 Å². The van der Waals surface area contributed by atoms with Gasteiger partial charge >= 0.3 is 6.18 Å². The second kappa shape index (κ2) is 10.1. The molecule has 0 aliphatic heterocycles. The minimum absolute atomic E-state index is 0.00318. The maximum atomic E-state index is 13.2. The molecular weight excluding hydrogens is 435 g/mol. The Morgan fingerprint density at radius 2 is 1.88 bits per heavy atom. The van der Waals surface area contributed by atoms with Gasteiger partial charge in [0.15, 0.2) is 5.71 Å². The van der Waals surface area contributed by atoms with Crippen LogP contribution in [0.4, 0.5) is 13.2 Å². The molecule has 1 aliphatic carbocycles. The van der Waals surface area contributed by atoms with Crippen molar-refractivity contribution in [1.82, 2.24) is 5.32 Å². The molecule has 176 valence electrons. The Bertz CT molecular complexity index is 1090. The molecule has 2 aromatic rings. The zero-order valence-corrected chi connectivity index (χ0v) is 18.9. The SMILES string of the molecule is CNC(=O)/C(=N/OC)c1cccc(C)c1CO/N=C(\C)c1cc(C(F)(F)F)ccc1C1CC1. The van der Waals surface area contributed by atoms with Gasteiger partial charge in [0, 0.05) is 23.7 Å². The lowest BCUT2D eigenvalue weighted by molar-refractivity contribution is -0.137. The number of carbonyl (C=O) groups is 1. The first-order chi connectivity index (χ1) is 15.7. The number of oxime groups is 2. The molecule has 1 saturated carbocycles. The minimum Gasteiger partial charge on any atom is -0.398 e. The molecule has 1 N–H and O–H groups in total. The van der Waals surface area contributed by atoms with Gasteiger partial charge in [-0.15, -0.1) is 0 Å². The van der Waals surface area contributed by atoms with Crippen LogP contribution in [0.3, 0.4) is 0 Å². The Morgan fingerprint density at radius 1 is 1.15 bits per heavy atom. The lowest BCUT2D eigenvalue weighted by Gasteiger charge is -2.14. The molecule has 0 atom stereocenters. The van der Waals surface area contributed by atoms with E-state index in [9.17, 15) is 18.0 Å². The maximum absolute atomic E-state index is 13.2. The predicted molar refractivity (Wildman–Crippen MR) is 119 cm³/mol. The van der Waals surface area contributed by atoms with Crippen molar-refractivity contribution >= 4 is 17.3 Å². The van der Waals surface area contributed by atoms with Gasteiger partial charge in [0.2, 0.25) is 0 Å². The molecule has 3 rings (SSSR count). The summed E-state index contributed by atoms with van der Waals surface area (Å²) >= 11 is 0. The Morgan fingerprint density at radius 3 is 2.48 bits per heavy atom. The van der Waals surface area contributed by atoms with Crippen LogP contribution in [0.2, 0.25) is 0 Å². The fourth-order valence-electron chi connectivity index (χ4n) is 3.58. The third-order valence-electron chi connectivity index (χ3n) is 5.49. The molecule has 0 heterocycles. The zero-order chi connectivity index (χ0) is 24.2. The number of halogens is 3. The molecule has 0 unspecified atom stereocenters. The Kier molecular flexibility index (Phi) is 7.40. The molecule has 0 saturated heterocycles. The van der Waals surface area contributed by atoms with Crippen molar-refractivity contribution in [2.45, 2.75) is 45.4 Å². The van der Waals surface area contributed by atoms with Crippen LogP contribution < -0.4 is 5.32 Å². The van der Waals surface area contributed by atoms with Gasteiger partial charge in [-0.3, -0.25) is 4.79 Å². The number of nitrogens with zero attached hydrogens (tertiary/aromatic N) is 2. The van der Waals surface area contributed by atoms with Crippen molar-refractivity contribution in [3.63, 3.8) is 0 Å². The van der Waals surface area contributed by atoms with E-state index < -0.39 is 17.6 Å². The quantitative estimate of drug-likeness (QED) is 0.448. The normalized spacial score (nSPS) is 14.8. The summed E-state index contributed by atoms with van der Waals surface area (Å²) in [6.07, 6.45) is -2.55. The molecule has 0 spiro atoms. The summed E-state index contributed by atoms with van der Waals surface area (Å²) < 4.78 is 39.7. The number of alkyl halides is 3. The van der Waals surface area contributed by atoms with Gasteiger partial charge in [-0.1, -0.05) is 34.6 Å². The van der Waals surface area contributed by atoms with E-state index in [1.807, 2.05) is 13.0 Å². The number of rotatable bonds is 8. The van der Waals surface area contributed by atoms with Crippen molar-refractivity contribution in [2.75, 3.05) is 14.2 Å². The van der Waals surface area contributed by atoms with E-state index in [0.29, 0.717) is 22.4 Å². The molecule has 1 aliphatic rings. The van der Waals surface area contributed by atoms with E-state index in [1.54, 1.807) is 19.1 Å². The number of benzene rings is 2. The number of amides is 1. The summed E-state index contributed by atoms with van der Waals surface area (Å²) in [6.45, 7) is 3.48. The minimum atomic E-state index is -4.44. The van der Waals surface area contributed by atoms with Crippen LogP contribution in [0.15, 0.2) is 46.7 Å². The number of nitrogens with one attached hydrogen (secondary N) is 1. The van der Waals surface area contributed by atoms with Crippen LogP contribution in [0, 0.1) is 6.92 Å². The second-order valence-electron chi connectivity index (χ2n) is 7.83. The summed E-state index contributed by atoms with van der Waals surface area (Å²) in [5.41, 5.74) is 3.02. The van der Waals surface area contributed by atoms with Gasteiger partial charge in [0.05, 0.1) is 11.3 Å². The predicted octanol–water partition coefficient (Wildman–Crippen LogP) is 4.93. The van der Waals surface area contributed by atoms with Crippen LogP contribution in [0.5, 0.6) is 0 Å². The largest absolute Gasteiger partial charge is 0.416 e. The molecule has 1 fully saturated rings. The van der Waals surface area contributed by atoms with Gasteiger partial charge in [0.25, 0.3) is 5.91 Å². The third kappa shape index (κ3) is 5.71. The van der Waals surface area contributed by atoms with E-state index in [-0.39, 0.29) is 18.2 Å². The van der Waals surface area contributed by atoms with Gasteiger partial charge in [-0.2, -0.15) is 13.2 Å². The number of hydrogen-bond acceptors (Lipinski definition) is 5. The van der Waals surface area contributed by atoms with Crippen LogP contribution in [0.1, 0.15) is 59.1 Å². The van der Waals surface area contributed by atoms with E-state index in [1.165, 1.54) is 20.2 Å². The van der Waals surface area contributed by atoms with Crippen LogP contribution in [-0.4, -0.2) is 31.5 Å². The first-order valence-electron chi connectivity index (χ1n) is 10.5. The lowest BCUT2D eigenvalue weighted by atomic mass is 9.97. The topological polar surface area (TPSA) is 72.3 Å². The molecular formula is C24H26F3N3O3. The first-order valence-corrected chi connectivity index (χ1v) is 10.5. The van der Waals surface area contributed by atoms with E-state index in [2.05, 4.69) is 15.6 Å². The summed E-state index contributed by atoms with van der Waals surface area (Å²) in [6, 6.07) is 9.12. The Labute approximate surface area is 190 Å². The molecule has 9 heteroatoms. The summed E-state index contributed by atoms with van der Waals surface area (Å²) in [7, 11) is 2.83. The summed E-state index contributed by atoms with van der Waals surface area (Å²) in [5, 5.41) is 10.5. The molecule has 2 aromatic carbocycles.